The van der Waals surface area contributed by atoms with Crippen molar-refractivity contribution in [3.63, 3.8) is 0 Å². The molecular weight excluding hydrogens is 969 g/mol. The SMILES string of the molecule is c1ccc(-c2ccc(-c3cc(-c4ccc(-c5ccc6c(c5)C5c7ccccc7C6c6cc(-c7ccc(-c8cc(-c9ccc(-c%10ccccc%10)cc9)nc(-c9ccccc9)n8)cc7)ccc65)cc4)nc(-c4ccccc4)n3)cc2)cc1. The highest BCUT2D eigenvalue weighted by Crippen LogP contribution is 2.57. The van der Waals surface area contributed by atoms with E-state index in [-0.39, 0.29) is 11.8 Å². The second kappa shape index (κ2) is 19.9. The van der Waals surface area contributed by atoms with Crippen molar-refractivity contribution in [2.45, 2.75) is 11.8 Å². The number of nitrogens with zero attached hydrogens (tertiary/aromatic N) is 4. The minimum absolute atomic E-state index is 0.134. The Labute approximate surface area is 466 Å². The van der Waals surface area contributed by atoms with Gasteiger partial charge in [-0.1, -0.05) is 267 Å². The Hall–Kier alpha value is -10.4. The summed E-state index contributed by atoms with van der Waals surface area (Å²) in [5, 5.41) is 0. The van der Waals surface area contributed by atoms with Gasteiger partial charge in [0.05, 0.1) is 22.8 Å². The van der Waals surface area contributed by atoms with Crippen LogP contribution >= 0.6 is 0 Å². The molecule has 2 atom stereocenters. The lowest BCUT2D eigenvalue weighted by atomic mass is 9.60. The lowest BCUT2D eigenvalue weighted by Crippen LogP contribution is -2.27. The standard InChI is InChI=1S/C76H50N4/c1-5-15-49(16-6-1)51-25-33-55(34-26-51)69-47-71(79-75(77-69)59-19-9-3-10-20-59)57-37-29-53(30-38-57)61-41-43-65-67(45-61)73-63-23-13-14-24-64(63)74(65)68-46-62(42-44-66(68)73)54-31-39-58(40-32-54)72-48-70(78-76(80-72)60-21-11-4-12-22-60)56-35-27-52(28-36-56)50-17-7-2-8-18-50/h1-48,73-74H. The van der Waals surface area contributed by atoms with Crippen LogP contribution in [0.2, 0.25) is 0 Å². The van der Waals surface area contributed by atoms with Gasteiger partial charge in [0, 0.05) is 45.2 Å². The van der Waals surface area contributed by atoms with Crippen LogP contribution in [0.25, 0.3) is 112 Å². The zero-order valence-electron chi connectivity index (χ0n) is 43.7. The molecule has 3 aliphatic carbocycles. The lowest BCUT2D eigenvalue weighted by molar-refractivity contribution is 0.755. The van der Waals surface area contributed by atoms with Crippen LogP contribution in [-0.4, -0.2) is 19.9 Å². The lowest BCUT2D eigenvalue weighted by Gasteiger charge is -2.42. The third-order valence-corrected chi connectivity index (χ3v) is 16.2. The highest BCUT2D eigenvalue weighted by atomic mass is 14.9. The number of aromatic nitrogens is 4. The van der Waals surface area contributed by atoms with Crippen LogP contribution in [0, 0.1) is 0 Å². The van der Waals surface area contributed by atoms with Gasteiger partial charge in [0.2, 0.25) is 0 Å². The van der Waals surface area contributed by atoms with E-state index >= 15 is 0 Å². The predicted octanol–water partition coefficient (Wildman–Crippen LogP) is 18.9. The maximum absolute atomic E-state index is 5.15. The second-order valence-corrected chi connectivity index (χ2v) is 20.9. The molecule has 0 saturated carbocycles. The third kappa shape index (κ3) is 8.61. The summed E-state index contributed by atoms with van der Waals surface area (Å²) in [5.41, 5.74) is 27.5. The first kappa shape index (κ1) is 46.8. The Balaban J connectivity index is 0.727. The molecule has 16 rings (SSSR count). The van der Waals surface area contributed by atoms with Crippen LogP contribution in [0.3, 0.4) is 0 Å². The van der Waals surface area contributed by atoms with E-state index in [0.717, 1.165) is 56.2 Å². The Morgan fingerprint density at radius 3 is 0.700 bits per heavy atom. The second-order valence-electron chi connectivity index (χ2n) is 20.9. The maximum atomic E-state index is 5.15. The van der Waals surface area contributed by atoms with E-state index in [4.69, 9.17) is 19.9 Å². The quantitative estimate of drug-likeness (QED) is 0.137. The molecule has 4 heteroatoms. The zero-order valence-corrected chi connectivity index (χ0v) is 43.7. The first-order valence-corrected chi connectivity index (χ1v) is 27.4. The number of benzene rings is 11. The van der Waals surface area contributed by atoms with Gasteiger partial charge in [-0.05, 0) is 102 Å². The molecule has 13 aromatic rings. The van der Waals surface area contributed by atoms with Crippen molar-refractivity contribution < 1.29 is 0 Å². The maximum Gasteiger partial charge on any atom is 0.160 e. The summed E-state index contributed by atoms with van der Waals surface area (Å²) in [6, 6.07) is 104. The first-order valence-electron chi connectivity index (χ1n) is 27.4. The van der Waals surface area contributed by atoms with Crippen LogP contribution in [-0.2, 0) is 0 Å². The van der Waals surface area contributed by atoms with Crippen molar-refractivity contribution >= 4 is 0 Å². The highest BCUT2D eigenvalue weighted by Gasteiger charge is 2.41. The summed E-state index contributed by atoms with van der Waals surface area (Å²) in [7, 11) is 0. The molecule has 2 aromatic heterocycles. The topological polar surface area (TPSA) is 51.6 Å². The monoisotopic (exact) mass is 1020 g/mol. The molecule has 0 radical (unpaired) electrons. The van der Waals surface area contributed by atoms with Gasteiger partial charge < -0.3 is 0 Å². The predicted molar refractivity (Wildman–Crippen MR) is 327 cm³/mol. The van der Waals surface area contributed by atoms with E-state index in [2.05, 4.69) is 243 Å². The van der Waals surface area contributed by atoms with Crippen molar-refractivity contribution in [2.75, 3.05) is 0 Å². The van der Waals surface area contributed by atoms with E-state index in [9.17, 15) is 0 Å². The minimum Gasteiger partial charge on any atom is -0.228 e. The summed E-state index contributed by atoms with van der Waals surface area (Å²) in [6.07, 6.45) is 0. The zero-order chi connectivity index (χ0) is 52.9. The number of rotatable bonds is 10. The van der Waals surface area contributed by atoms with Crippen LogP contribution in [0.4, 0.5) is 0 Å². The molecule has 0 fully saturated rings. The van der Waals surface area contributed by atoms with Gasteiger partial charge in [-0.2, -0.15) is 0 Å². The number of hydrogen-bond donors (Lipinski definition) is 0. The molecule has 2 bridgehead atoms. The minimum atomic E-state index is 0.134. The van der Waals surface area contributed by atoms with E-state index in [1.165, 1.54) is 77.9 Å². The van der Waals surface area contributed by atoms with Gasteiger partial charge in [0.1, 0.15) is 0 Å². The Morgan fingerprint density at radius 1 is 0.163 bits per heavy atom. The molecule has 0 spiro atoms. The molecule has 2 heterocycles. The Kier molecular flexibility index (Phi) is 11.6. The molecular formula is C76H50N4. The van der Waals surface area contributed by atoms with E-state index in [1.807, 2.05) is 48.5 Å². The van der Waals surface area contributed by atoms with Crippen LogP contribution in [0.15, 0.2) is 291 Å². The van der Waals surface area contributed by atoms with Crippen molar-refractivity contribution in [1.82, 2.24) is 19.9 Å². The van der Waals surface area contributed by atoms with Crippen molar-refractivity contribution in [3.8, 4) is 112 Å². The van der Waals surface area contributed by atoms with Gasteiger partial charge >= 0.3 is 0 Å². The van der Waals surface area contributed by atoms with Gasteiger partial charge in [-0.3, -0.25) is 0 Å². The van der Waals surface area contributed by atoms with Gasteiger partial charge in [-0.25, -0.2) is 19.9 Å². The van der Waals surface area contributed by atoms with Gasteiger partial charge in [0.25, 0.3) is 0 Å². The van der Waals surface area contributed by atoms with Crippen LogP contribution in [0.5, 0.6) is 0 Å². The third-order valence-electron chi connectivity index (χ3n) is 16.2. The summed E-state index contributed by atoms with van der Waals surface area (Å²) >= 11 is 0. The van der Waals surface area contributed by atoms with E-state index in [0.29, 0.717) is 11.6 Å². The van der Waals surface area contributed by atoms with Gasteiger partial charge in [-0.15, -0.1) is 0 Å². The van der Waals surface area contributed by atoms with E-state index in [1.54, 1.807) is 0 Å². The average molecular weight is 1020 g/mol. The number of hydrogen-bond acceptors (Lipinski definition) is 4. The van der Waals surface area contributed by atoms with Crippen molar-refractivity contribution in [3.05, 3.63) is 325 Å². The smallest absolute Gasteiger partial charge is 0.160 e. The van der Waals surface area contributed by atoms with Crippen LogP contribution in [0.1, 0.15) is 45.2 Å². The normalized spacial score (nSPS) is 13.8. The van der Waals surface area contributed by atoms with Gasteiger partial charge in [0.15, 0.2) is 11.6 Å². The van der Waals surface area contributed by atoms with Crippen molar-refractivity contribution in [2.24, 2.45) is 0 Å². The first-order chi connectivity index (χ1) is 39.6. The molecule has 374 valence electrons. The molecule has 80 heavy (non-hydrogen) atoms. The van der Waals surface area contributed by atoms with Crippen LogP contribution < -0.4 is 0 Å². The fourth-order valence-electron chi connectivity index (χ4n) is 12.1. The Bertz CT molecular complexity index is 4120. The average Bonchev–Trinajstić information content (AvgIpc) is 3.69. The molecule has 0 amide bonds. The Morgan fingerprint density at radius 2 is 0.388 bits per heavy atom. The molecule has 2 unspecified atom stereocenters. The molecule has 0 aliphatic heterocycles. The largest absolute Gasteiger partial charge is 0.228 e. The molecule has 0 N–H and O–H groups in total. The highest BCUT2D eigenvalue weighted by molar-refractivity contribution is 5.81. The molecule has 0 saturated heterocycles. The fraction of sp³-hybridized carbons (Fsp3) is 0.0263. The summed E-state index contributed by atoms with van der Waals surface area (Å²) in [6.45, 7) is 0. The fourth-order valence-corrected chi connectivity index (χ4v) is 12.1. The van der Waals surface area contributed by atoms with E-state index < -0.39 is 0 Å². The summed E-state index contributed by atoms with van der Waals surface area (Å²) in [5.74, 6) is 1.68. The van der Waals surface area contributed by atoms with Crippen molar-refractivity contribution in [1.29, 1.82) is 0 Å². The molecule has 3 aliphatic rings. The molecule has 11 aromatic carbocycles. The summed E-state index contributed by atoms with van der Waals surface area (Å²) in [4.78, 5) is 20.5. The summed E-state index contributed by atoms with van der Waals surface area (Å²) < 4.78 is 0. The molecule has 4 nitrogen and oxygen atoms in total.